The van der Waals surface area contributed by atoms with E-state index >= 15 is 0 Å². The van der Waals surface area contributed by atoms with E-state index in [1.807, 2.05) is 25.3 Å². The van der Waals surface area contributed by atoms with Gasteiger partial charge in [-0.15, -0.1) is 0 Å². The number of hydrogen-bond donors (Lipinski definition) is 2. The van der Waals surface area contributed by atoms with Crippen molar-refractivity contribution in [1.82, 2.24) is 10.3 Å². The van der Waals surface area contributed by atoms with Crippen LogP contribution in [0.2, 0.25) is 0 Å². The average molecular weight is 204 g/mol. The maximum absolute atomic E-state index is 11.0. The summed E-state index contributed by atoms with van der Waals surface area (Å²) in [5.41, 5.74) is 2.17. The predicted octanol–water partition coefficient (Wildman–Crippen LogP) is 2.19. The highest BCUT2D eigenvalue weighted by Crippen LogP contribution is 2.22. The van der Waals surface area contributed by atoms with Gasteiger partial charge >= 0.3 is 6.09 Å². The molecule has 2 N–H and O–H groups in total. The van der Waals surface area contributed by atoms with Crippen molar-refractivity contribution < 1.29 is 9.53 Å². The van der Waals surface area contributed by atoms with Gasteiger partial charge in [0.05, 0.1) is 0 Å². The molecule has 0 aliphatic carbocycles. The van der Waals surface area contributed by atoms with Crippen molar-refractivity contribution in [2.75, 3.05) is 7.05 Å². The highest BCUT2D eigenvalue weighted by Gasteiger charge is 2.04. The molecule has 0 saturated heterocycles. The molecule has 0 unspecified atom stereocenters. The van der Waals surface area contributed by atoms with E-state index in [2.05, 4.69) is 10.3 Å². The summed E-state index contributed by atoms with van der Waals surface area (Å²) in [6, 6.07) is 5.49. The molecule has 1 aromatic heterocycles. The lowest BCUT2D eigenvalue weighted by atomic mass is 10.2. The van der Waals surface area contributed by atoms with Crippen molar-refractivity contribution in [3.05, 3.63) is 30.0 Å². The zero-order valence-electron chi connectivity index (χ0n) is 8.63. The van der Waals surface area contributed by atoms with Gasteiger partial charge in [0.25, 0.3) is 0 Å². The number of fused-ring (bicyclic) bond motifs is 1. The lowest BCUT2D eigenvalue weighted by Gasteiger charge is -2.03. The van der Waals surface area contributed by atoms with E-state index in [9.17, 15) is 4.79 Å². The molecule has 0 spiro atoms. The summed E-state index contributed by atoms with van der Waals surface area (Å²) in [5.74, 6) is 0.546. The van der Waals surface area contributed by atoms with Gasteiger partial charge in [-0.25, -0.2) is 4.79 Å². The maximum atomic E-state index is 11.0. The summed E-state index contributed by atoms with van der Waals surface area (Å²) in [4.78, 5) is 14.1. The lowest BCUT2D eigenvalue weighted by molar-refractivity contribution is 0.203. The Hall–Kier alpha value is -1.97. The lowest BCUT2D eigenvalue weighted by Crippen LogP contribution is -2.21. The van der Waals surface area contributed by atoms with Crippen LogP contribution in [0.4, 0.5) is 4.79 Å². The number of carbonyl (C=O) groups is 1. The quantitative estimate of drug-likeness (QED) is 0.748. The number of hydrogen-bond acceptors (Lipinski definition) is 2. The van der Waals surface area contributed by atoms with Crippen molar-refractivity contribution in [2.45, 2.75) is 6.92 Å². The fourth-order valence-corrected chi connectivity index (χ4v) is 1.46. The number of aryl methyl sites for hydroxylation is 1. The van der Waals surface area contributed by atoms with Gasteiger partial charge in [0.2, 0.25) is 0 Å². The molecule has 0 fully saturated rings. The highest BCUT2D eigenvalue weighted by molar-refractivity contribution is 5.85. The van der Waals surface area contributed by atoms with Gasteiger partial charge in [0.15, 0.2) is 0 Å². The summed E-state index contributed by atoms with van der Waals surface area (Å²) in [7, 11) is 1.53. The molecule has 1 amide bonds. The van der Waals surface area contributed by atoms with Crippen LogP contribution in [0.1, 0.15) is 5.56 Å². The summed E-state index contributed by atoms with van der Waals surface area (Å²) >= 11 is 0. The number of H-pyrrole nitrogens is 1. The van der Waals surface area contributed by atoms with Crippen LogP contribution in [0.5, 0.6) is 5.75 Å². The second kappa shape index (κ2) is 3.65. The third-order valence-corrected chi connectivity index (χ3v) is 2.27. The Balaban J connectivity index is 2.37. The van der Waals surface area contributed by atoms with Crippen molar-refractivity contribution in [3.8, 4) is 5.75 Å². The van der Waals surface area contributed by atoms with Crippen LogP contribution in [0.3, 0.4) is 0 Å². The third kappa shape index (κ3) is 1.79. The molecule has 4 nitrogen and oxygen atoms in total. The minimum Gasteiger partial charge on any atom is -0.410 e. The molecule has 78 valence electrons. The molecular formula is C11H12N2O2. The number of benzene rings is 1. The van der Waals surface area contributed by atoms with Crippen LogP contribution in [0.15, 0.2) is 24.4 Å². The molecule has 0 radical (unpaired) electrons. The average Bonchev–Trinajstić information content (AvgIpc) is 2.60. The Morgan fingerprint density at radius 3 is 3.00 bits per heavy atom. The maximum Gasteiger partial charge on any atom is 0.412 e. The van der Waals surface area contributed by atoms with Gasteiger partial charge in [-0.3, -0.25) is 0 Å². The zero-order valence-corrected chi connectivity index (χ0v) is 8.63. The van der Waals surface area contributed by atoms with Crippen LogP contribution in [0.25, 0.3) is 10.9 Å². The van der Waals surface area contributed by atoms with Gasteiger partial charge in [0.1, 0.15) is 5.75 Å². The highest BCUT2D eigenvalue weighted by atomic mass is 16.5. The number of nitrogens with one attached hydrogen (secondary N) is 2. The number of ether oxygens (including phenoxy) is 1. The first-order chi connectivity index (χ1) is 7.20. The minimum absolute atomic E-state index is 0.456. The molecule has 2 aromatic rings. The molecule has 2 rings (SSSR count). The standard InChI is InChI=1S/C11H12N2O2/c1-7-6-13-10-4-3-8(5-9(7)10)15-11(14)12-2/h3-6,13H,1-2H3,(H,12,14). The van der Waals surface area contributed by atoms with Gasteiger partial charge in [0, 0.05) is 24.1 Å². The smallest absolute Gasteiger partial charge is 0.410 e. The molecule has 0 saturated carbocycles. The van der Waals surface area contributed by atoms with Crippen LogP contribution < -0.4 is 10.1 Å². The van der Waals surface area contributed by atoms with Crippen molar-refractivity contribution in [3.63, 3.8) is 0 Å². The monoisotopic (exact) mass is 204 g/mol. The zero-order chi connectivity index (χ0) is 10.8. The van der Waals surface area contributed by atoms with Crippen LogP contribution in [0, 0.1) is 6.92 Å². The predicted molar refractivity (Wildman–Crippen MR) is 58.1 cm³/mol. The fourth-order valence-electron chi connectivity index (χ4n) is 1.46. The van der Waals surface area contributed by atoms with Crippen LogP contribution >= 0.6 is 0 Å². The van der Waals surface area contributed by atoms with E-state index in [1.54, 1.807) is 6.07 Å². The minimum atomic E-state index is -0.456. The van der Waals surface area contributed by atoms with Crippen molar-refractivity contribution >= 4 is 17.0 Å². The SMILES string of the molecule is CNC(=O)Oc1ccc2[nH]cc(C)c2c1. The van der Waals surface area contributed by atoms with Crippen molar-refractivity contribution in [2.24, 2.45) is 0 Å². The normalized spacial score (nSPS) is 10.3. The second-order valence-electron chi connectivity index (χ2n) is 3.32. The molecule has 0 aliphatic heterocycles. The van der Waals surface area contributed by atoms with Crippen molar-refractivity contribution in [1.29, 1.82) is 0 Å². The molecule has 1 heterocycles. The number of aromatic amines is 1. The Bertz CT molecular complexity index is 502. The first-order valence-electron chi connectivity index (χ1n) is 4.68. The Morgan fingerprint density at radius 1 is 1.47 bits per heavy atom. The van der Waals surface area contributed by atoms with Gasteiger partial charge < -0.3 is 15.0 Å². The van der Waals surface area contributed by atoms with Gasteiger partial charge in [-0.1, -0.05) is 0 Å². The van der Waals surface area contributed by atoms with Gasteiger partial charge in [-0.2, -0.15) is 0 Å². The summed E-state index contributed by atoms with van der Waals surface area (Å²) in [6.07, 6.45) is 1.47. The molecule has 1 aromatic carbocycles. The Morgan fingerprint density at radius 2 is 2.27 bits per heavy atom. The summed E-state index contributed by atoms with van der Waals surface area (Å²) < 4.78 is 5.03. The Kier molecular flexibility index (Phi) is 2.33. The van der Waals surface area contributed by atoms with E-state index in [0.717, 1.165) is 16.5 Å². The van der Waals surface area contributed by atoms with Crippen LogP contribution in [-0.2, 0) is 0 Å². The molecule has 0 bridgehead atoms. The van der Waals surface area contributed by atoms with E-state index in [4.69, 9.17) is 4.74 Å². The third-order valence-electron chi connectivity index (χ3n) is 2.27. The fraction of sp³-hybridized carbons (Fsp3) is 0.182. The molecule has 15 heavy (non-hydrogen) atoms. The van der Waals surface area contributed by atoms with E-state index < -0.39 is 6.09 Å². The van der Waals surface area contributed by atoms with E-state index in [1.165, 1.54) is 7.05 Å². The topological polar surface area (TPSA) is 54.1 Å². The number of rotatable bonds is 1. The molecule has 0 aliphatic rings. The first kappa shape index (κ1) is 9.58. The Labute approximate surface area is 87.2 Å². The molecule has 4 heteroatoms. The molecule has 0 atom stereocenters. The van der Waals surface area contributed by atoms with Gasteiger partial charge in [-0.05, 0) is 30.7 Å². The van der Waals surface area contributed by atoms with Crippen LogP contribution in [-0.4, -0.2) is 18.1 Å². The molecular weight excluding hydrogens is 192 g/mol. The first-order valence-corrected chi connectivity index (χ1v) is 4.68. The number of amides is 1. The van der Waals surface area contributed by atoms with E-state index in [0.29, 0.717) is 5.75 Å². The van der Waals surface area contributed by atoms with E-state index in [-0.39, 0.29) is 0 Å². The summed E-state index contributed by atoms with van der Waals surface area (Å²) in [5, 5.41) is 3.47. The summed E-state index contributed by atoms with van der Waals surface area (Å²) in [6.45, 7) is 2.00. The second-order valence-corrected chi connectivity index (χ2v) is 3.32. The number of aromatic nitrogens is 1. The number of carbonyl (C=O) groups excluding carboxylic acids is 1. The largest absolute Gasteiger partial charge is 0.412 e.